The van der Waals surface area contributed by atoms with Crippen LogP contribution in [0.4, 0.5) is 5.95 Å². The molecule has 0 saturated carbocycles. The Balaban J connectivity index is 1.65. The molecule has 3 heterocycles. The number of hydrogen-bond acceptors (Lipinski definition) is 4. The van der Waals surface area contributed by atoms with E-state index in [2.05, 4.69) is 26.8 Å². The van der Waals surface area contributed by atoms with E-state index in [4.69, 9.17) is 11.6 Å². The average Bonchev–Trinajstić information content (AvgIpc) is 3.04. The molecule has 20 heavy (non-hydrogen) atoms. The molecule has 3 aromatic heterocycles. The van der Waals surface area contributed by atoms with Gasteiger partial charge >= 0.3 is 0 Å². The largest absolute Gasteiger partial charge is 0.346 e. The van der Waals surface area contributed by atoms with Gasteiger partial charge in [-0.2, -0.15) is 4.98 Å². The number of fused-ring (bicyclic) bond motifs is 2. The highest BCUT2D eigenvalue weighted by Gasteiger charge is 2.22. The first kappa shape index (κ1) is 12.2. The van der Waals surface area contributed by atoms with E-state index in [1.54, 1.807) is 10.7 Å². The first-order chi connectivity index (χ1) is 9.79. The first-order valence-electron chi connectivity index (χ1n) is 6.64. The minimum Gasteiger partial charge on any atom is -0.346 e. The number of halogens is 1. The average molecular weight is 305 g/mol. The van der Waals surface area contributed by atoms with E-state index in [0.717, 1.165) is 12.1 Å². The molecule has 1 aliphatic carbocycles. The Morgan fingerprint density at radius 1 is 1.35 bits per heavy atom. The van der Waals surface area contributed by atoms with E-state index < -0.39 is 0 Å². The van der Waals surface area contributed by atoms with E-state index in [0.29, 0.717) is 17.0 Å². The molecule has 0 radical (unpaired) electrons. The van der Waals surface area contributed by atoms with Crippen LogP contribution < -0.4 is 5.32 Å². The van der Waals surface area contributed by atoms with Crippen molar-refractivity contribution in [3.63, 3.8) is 0 Å². The molecule has 0 spiro atoms. The zero-order chi connectivity index (χ0) is 13.5. The fourth-order valence-electron chi connectivity index (χ4n) is 2.71. The van der Waals surface area contributed by atoms with Crippen LogP contribution >= 0.6 is 22.9 Å². The van der Waals surface area contributed by atoms with Gasteiger partial charge in [-0.3, -0.25) is 0 Å². The summed E-state index contributed by atoms with van der Waals surface area (Å²) in [6, 6.07) is 6.23. The number of anilines is 1. The molecule has 4 nitrogen and oxygen atoms in total. The molecule has 1 N–H and O–H groups in total. The Kier molecular flexibility index (Phi) is 2.89. The second-order valence-corrected chi connectivity index (χ2v) is 6.41. The molecule has 0 bridgehead atoms. The number of thiophene rings is 1. The maximum Gasteiger partial charge on any atom is 0.243 e. The van der Waals surface area contributed by atoms with Crippen LogP contribution in [-0.4, -0.2) is 14.6 Å². The normalized spacial score (nSPS) is 18.1. The fraction of sp³-hybridized carbons (Fsp3) is 0.286. The summed E-state index contributed by atoms with van der Waals surface area (Å²) in [6.45, 7) is 0. The molecule has 1 aliphatic rings. The zero-order valence-electron chi connectivity index (χ0n) is 10.7. The fourth-order valence-corrected chi connectivity index (χ4v) is 3.85. The maximum absolute atomic E-state index is 5.96. The van der Waals surface area contributed by atoms with Crippen LogP contribution in [0.15, 0.2) is 29.8 Å². The molecule has 4 rings (SSSR count). The number of pyridine rings is 1. The van der Waals surface area contributed by atoms with Crippen LogP contribution in [-0.2, 0) is 6.42 Å². The van der Waals surface area contributed by atoms with E-state index in [9.17, 15) is 0 Å². The SMILES string of the molecule is Clc1ccc2nc(NC3CCCc4sccc43)nn2c1. The summed E-state index contributed by atoms with van der Waals surface area (Å²) in [6.07, 6.45) is 5.30. The summed E-state index contributed by atoms with van der Waals surface area (Å²) in [7, 11) is 0. The van der Waals surface area contributed by atoms with Crippen molar-refractivity contribution < 1.29 is 0 Å². The second kappa shape index (κ2) is 4.75. The van der Waals surface area contributed by atoms with Gasteiger partial charge in [0.25, 0.3) is 0 Å². The predicted molar refractivity (Wildman–Crippen MR) is 81.6 cm³/mol. The third-order valence-corrected chi connectivity index (χ3v) is 4.87. The summed E-state index contributed by atoms with van der Waals surface area (Å²) < 4.78 is 1.71. The molecule has 0 aromatic carbocycles. The molecular formula is C14H13ClN4S. The quantitative estimate of drug-likeness (QED) is 0.780. The molecule has 102 valence electrons. The summed E-state index contributed by atoms with van der Waals surface area (Å²) in [5.41, 5.74) is 2.20. The van der Waals surface area contributed by atoms with Crippen molar-refractivity contribution in [2.75, 3.05) is 5.32 Å². The lowest BCUT2D eigenvalue weighted by atomic mass is 9.94. The van der Waals surface area contributed by atoms with Crippen LogP contribution in [0.2, 0.25) is 5.02 Å². The number of aryl methyl sites for hydroxylation is 1. The van der Waals surface area contributed by atoms with Crippen molar-refractivity contribution in [3.05, 3.63) is 45.2 Å². The molecule has 1 atom stereocenters. The van der Waals surface area contributed by atoms with Crippen LogP contribution in [0.25, 0.3) is 5.65 Å². The summed E-state index contributed by atoms with van der Waals surface area (Å²) in [5, 5.41) is 10.7. The van der Waals surface area contributed by atoms with Crippen molar-refractivity contribution in [2.45, 2.75) is 25.3 Å². The monoisotopic (exact) mass is 304 g/mol. The number of aromatic nitrogens is 3. The summed E-state index contributed by atoms with van der Waals surface area (Å²) in [4.78, 5) is 5.98. The van der Waals surface area contributed by atoms with Gasteiger partial charge < -0.3 is 5.32 Å². The van der Waals surface area contributed by atoms with E-state index in [1.165, 1.54) is 23.3 Å². The van der Waals surface area contributed by atoms with Crippen LogP contribution in [0, 0.1) is 0 Å². The molecule has 6 heteroatoms. The van der Waals surface area contributed by atoms with Gasteiger partial charge in [0, 0.05) is 11.1 Å². The van der Waals surface area contributed by atoms with Crippen molar-refractivity contribution in [3.8, 4) is 0 Å². The van der Waals surface area contributed by atoms with Crippen molar-refractivity contribution in [2.24, 2.45) is 0 Å². The lowest BCUT2D eigenvalue weighted by Crippen LogP contribution is -2.16. The van der Waals surface area contributed by atoms with Gasteiger partial charge in [-0.25, -0.2) is 4.52 Å². The van der Waals surface area contributed by atoms with Gasteiger partial charge in [0.1, 0.15) is 0 Å². The second-order valence-electron chi connectivity index (χ2n) is 4.97. The molecular weight excluding hydrogens is 292 g/mol. The minimum atomic E-state index is 0.317. The third-order valence-electron chi connectivity index (χ3n) is 3.65. The lowest BCUT2D eigenvalue weighted by Gasteiger charge is -2.22. The summed E-state index contributed by atoms with van der Waals surface area (Å²) in [5.74, 6) is 0.663. The Morgan fingerprint density at radius 3 is 3.25 bits per heavy atom. The van der Waals surface area contributed by atoms with Crippen molar-refractivity contribution >= 4 is 34.5 Å². The van der Waals surface area contributed by atoms with E-state index in [-0.39, 0.29) is 0 Å². The van der Waals surface area contributed by atoms with Gasteiger partial charge in [-0.1, -0.05) is 11.6 Å². The Labute approximate surface area is 125 Å². The number of nitrogens with one attached hydrogen (secondary N) is 1. The molecule has 0 aliphatic heterocycles. The molecule has 3 aromatic rings. The van der Waals surface area contributed by atoms with Gasteiger partial charge in [-0.15, -0.1) is 16.4 Å². The number of hydrogen-bond donors (Lipinski definition) is 1. The standard InChI is InChI=1S/C14H13ClN4S/c15-9-4-5-13-17-14(18-19(13)8-9)16-11-2-1-3-12-10(11)6-7-20-12/h4-8,11H,1-3H2,(H,16,18). The van der Waals surface area contributed by atoms with Crippen LogP contribution in [0.3, 0.4) is 0 Å². The molecule has 0 amide bonds. The maximum atomic E-state index is 5.96. The smallest absolute Gasteiger partial charge is 0.243 e. The van der Waals surface area contributed by atoms with Crippen molar-refractivity contribution in [1.82, 2.24) is 14.6 Å². The Bertz CT molecular complexity index is 763. The first-order valence-corrected chi connectivity index (χ1v) is 7.90. The van der Waals surface area contributed by atoms with Crippen LogP contribution in [0.5, 0.6) is 0 Å². The molecule has 0 saturated heterocycles. The lowest BCUT2D eigenvalue weighted by molar-refractivity contribution is 0.604. The van der Waals surface area contributed by atoms with Gasteiger partial charge in [0.2, 0.25) is 5.95 Å². The highest BCUT2D eigenvalue weighted by atomic mass is 35.5. The molecule has 0 fully saturated rings. The molecule has 1 unspecified atom stereocenters. The number of nitrogens with zero attached hydrogens (tertiary/aromatic N) is 3. The van der Waals surface area contributed by atoms with Gasteiger partial charge in [0.05, 0.1) is 11.1 Å². The van der Waals surface area contributed by atoms with Crippen LogP contribution in [0.1, 0.15) is 29.3 Å². The highest BCUT2D eigenvalue weighted by molar-refractivity contribution is 7.10. The minimum absolute atomic E-state index is 0.317. The van der Waals surface area contributed by atoms with Crippen molar-refractivity contribution in [1.29, 1.82) is 0 Å². The summed E-state index contributed by atoms with van der Waals surface area (Å²) >= 11 is 7.81. The van der Waals surface area contributed by atoms with E-state index >= 15 is 0 Å². The topological polar surface area (TPSA) is 42.2 Å². The third kappa shape index (κ3) is 2.07. The highest BCUT2D eigenvalue weighted by Crippen LogP contribution is 2.35. The number of rotatable bonds is 2. The Hall–Kier alpha value is -1.59. The predicted octanol–water partition coefficient (Wildman–Crippen LogP) is 3.93. The van der Waals surface area contributed by atoms with E-state index in [1.807, 2.05) is 23.5 Å². The van der Waals surface area contributed by atoms with Gasteiger partial charge in [-0.05, 0) is 48.4 Å². The zero-order valence-corrected chi connectivity index (χ0v) is 12.3. The Morgan fingerprint density at radius 2 is 2.30 bits per heavy atom. The van der Waals surface area contributed by atoms with Gasteiger partial charge in [0.15, 0.2) is 5.65 Å².